The highest BCUT2D eigenvalue weighted by Crippen LogP contribution is 2.13. The Hall–Kier alpha value is -1.87. The van der Waals surface area contributed by atoms with Crippen LogP contribution in [0, 0.1) is 0 Å². The highest BCUT2D eigenvalue weighted by atomic mass is 35.5. The smallest absolute Gasteiger partial charge is 0.253 e. The predicted molar refractivity (Wildman–Crippen MR) is 76.3 cm³/mol. The van der Waals surface area contributed by atoms with Gasteiger partial charge in [-0.3, -0.25) is 9.78 Å². The number of carbonyl (C=O) groups is 1. The number of carbonyl (C=O) groups excluding carboxylic acids is 1. The number of rotatable bonds is 4. The SMILES string of the molecule is CC(Cc1ccccc1)NC(=O)c1ccncc1Cl. The van der Waals surface area contributed by atoms with Crippen LogP contribution in [0.2, 0.25) is 5.02 Å². The van der Waals surface area contributed by atoms with Gasteiger partial charge in [-0.25, -0.2) is 0 Å². The van der Waals surface area contributed by atoms with E-state index < -0.39 is 0 Å². The predicted octanol–water partition coefficient (Wildman–Crippen LogP) is 3.10. The molecule has 0 fully saturated rings. The van der Waals surface area contributed by atoms with Crippen molar-refractivity contribution in [2.24, 2.45) is 0 Å². The number of nitrogens with zero attached hydrogens (tertiary/aromatic N) is 1. The summed E-state index contributed by atoms with van der Waals surface area (Å²) in [5, 5.41) is 3.30. The van der Waals surface area contributed by atoms with Gasteiger partial charge in [-0.2, -0.15) is 0 Å². The van der Waals surface area contributed by atoms with E-state index in [1.165, 1.54) is 11.8 Å². The van der Waals surface area contributed by atoms with Crippen molar-refractivity contribution in [3.8, 4) is 0 Å². The van der Waals surface area contributed by atoms with Gasteiger partial charge in [0.1, 0.15) is 0 Å². The van der Waals surface area contributed by atoms with E-state index in [1.807, 2.05) is 37.3 Å². The van der Waals surface area contributed by atoms with E-state index in [1.54, 1.807) is 12.3 Å². The number of hydrogen-bond acceptors (Lipinski definition) is 2. The Morgan fingerprint density at radius 1 is 1.32 bits per heavy atom. The molecule has 4 heteroatoms. The van der Waals surface area contributed by atoms with Crippen molar-refractivity contribution in [1.82, 2.24) is 10.3 Å². The fourth-order valence-corrected chi connectivity index (χ4v) is 2.08. The molecule has 1 atom stereocenters. The van der Waals surface area contributed by atoms with Gasteiger partial charge in [0.2, 0.25) is 0 Å². The maximum atomic E-state index is 12.0. The van der Waals surface area contributed by atoms with Crippen molar-refractivity contribution in [2.45, 2.75) is 19.4 Å². The van der Waals surface area contributed by atoms with E-state index in [4.69, 9.17) is 11.6 Å². The van der Waals surface area contributed by atoms with Crippen LogP contribution >= 0.6 is 11.6 Å². The molecule has 0 saturated carbocycles. The van der Waals surface area contributed by atoms with Crippen LogP contribution in [0.5, 0.6) is 0 Å². The van der Waals surface area contributed by atoms with Crippen molar-refractivity contribution in [1.29, 1.82) is 0 Å². The van der Waals surface area contributed by atoms with E-state index >= 15 is 0 Å². The van der Waals surface area contributed by atoms with E-state index in [-0.39, 0.29) is 11.9 Å². The maximum Gasteiger partial charge on any atom is 0.253 e. The Morgan fingerprint density at radius 3 is 2.74 bits per heavy atom. The minimum absolute atomic E-state index is 0.0409. The summed E-state index contributed by atoms with van der Waals surface area (Å²) in [7, 11) is 0. The molecule has 1 aromatic heterocycles. The van der Waals surface area contributed by atoms with Crippen LogP contribution in [0.3, 0.4) is 0 Å². The Bertz CT molecular complexity index is 557. The topological polar surface area (TPSA) is 42.0 Å². The molecule has 2 aromatic rings. The molecule has 1 amide bonds. The fourth-order valence-electron chi connectivity index (χ4n) is 1.88. The number of benzene rings is 1. The first kappa shape index (κ1) is 13.6. The van der Waals surface area contributed by atoms with Gasteiger partial charge in [0, 0.05) is 18.4 Å². The molecule has 0 aliphatic carbocycles. The van der Waals surface area contributed by atoms with Gasteiger partial charge in [-0.05, 0) is 25.0 Å². The molecular formula is C15H15ClN2O. The first-order valence-corrected chi connectivity index (χ1v) is 6.49. The molecule has 2 rings (SSSR count). The van der Waals surface area contributed by atoms with Crippen LogP contribution in [0.4, 0.5) is 0 Å². The molecule has 1 heterocycles. The standard InChI is InChI=1S/C15H15ClN2O/c1-11(9-12-5-3-2-4-6-12)18-15(19)13-7-8-17-10-14(13)16/h2-8,10-11H,9H2,1H3,(H,18,19). The minimum atomic E-state index is -0.171. The molecule has 0 spiro atoms. The Labute approximate surface area is 117 Å². The zero-order valence-corrected chi connectivity index (χ0v) is 11.4. The van der Waals surface area contributed by atoms with Crippen LogP contribution in [-0.4, -0.2) is 16.9 Å². The third-order valence-electron chi connectivity index (χ3n) is 2.78. The van der Waals surface area contributed by atoms with Gasteiger partial charge in [-0.1, -0.05) is 41.9 Å². The van der Waals surface area contributed by atoms with Gasteiger partial charge in [0.25, 0.3) is 5.91 Å². The number of amides is 1. The zero-order valence-electron chi connectivity index (χ0n) is 10.6. The summed E-state index contributed by atoms with van der Waals surface area (Å²) in [6, 6.07) is 11.7. The fraction of sp³-hybridized carbons (Fsp3) is 0.200. The molecule has 0 aliphatic rings. The average molecular weight is 275 g/mol. The van der Waals surface area contributed by atoms with E-state index in [0.717, 1.165) is 6.42 Å². The summed E-state index contributed by atoms with van der Waals surface area (Å²) in [6.07, 6.45) is 3.82. The van der Waals surface area contributed by atoms with Crippen molar-refractivity contribution in [3.63, 3.8) is 0 Å². The summed E-state index contributed by atoms with van der Waals surface area (Å²) in [5.74, 6) is -0.171. The second kappa shape index (κ2) is 6.34. The van der Waals surface area contributed by atoms with Crippen LogP contribution in [0.15, 0.2) is 48.8 Å². The van der Waals surface area contributed by atoms with Crippen LogP contribution in [0.25, 0.3) is 0 Å². The lowest BCUT2D eigenvalue weighted by atomic mass is 10.1. The number of aromatic nitrogens is 1. The lowest BCUT2D eigenvalue weighted by Crippen LogP contribution is -2.34. The normalized spacial score (nSPS) is 11.9. The summed E-state index contributed by atoms with van der Waals surface area (Å²) in [5.41, 5.74) is 1.65. The van der Waals surface area contributed by atoms with Crippen LogP contribution < -0.4 is 5.32 Å². The van der Waals surface area contributed by atoms with Crippen molar-refractivity contribution in [2.75, 3.05) is 0 Å². The number of pyridine rings is 1. The quantitative estimate of drug-likeness (QED) is 0.931. The molecule has 0 saturated heterocycles. The number of nitrogens with one attached hydrogen (secondary N) is 1. The maximum absolute atomic E-state index is 12.0. The average Bonchev–Trinajstić information content (AvgIpc) is 2.40. The van der Waals surface area contributed by atoms with E-state index in [0.29, 0.717) is 10.6 Å². The Morgan fingerprint density at radius 2 is 2.05 bits per heavy atom. The molecule has 19 heavy (non-hydrogen) atoms. The van der Waals surface area contributed by atoms with Gasteiger partial charge in [0.15, 0.2) is 0 Å². The molecule has 0 aliphatic heterocycles. The molecular weight excluding hydrogens is 260 g/mol. The van der Waals surface area contributed by atoms with Crippen LogP contribution in [-0.2, 0) is 6.42 Å². The van der Waals surface area contributed by atoms with Crippen molar-refractivity contribution in [3.05, 3.63) is 64.9 Å². The highest BCUT2D eigenvalue weighted by Gasteiger charge is 2.13. The first-order chi connectivity index (χ1) is 9.16. The van der Waals surface area contributed by atoms with Gasteiger partial charge < -0.3 is 5.32 Å². The zero-order chi connectivity index (χ0) is 13.7. The molecule has 1 N–H and O–H groups in total. The molecule has 1 aromatic carbocycles. The molecule has 0 bridgehead atoms. The third kappa shape index (κ3) is 3.80. The summed E-state index contributed by atoms with van der Waals surface area (Å²) >= 11 is 5.94. The largest absolute Gasteiger partial charge is 0.349 e. The van der Waals surface area contributed by atoms with E-state index in [9.17, 15) is 4.79 Å². The molecule has 3 nitrogen and oxygen atoms in total. The number of halogens is 1. The summed E-state index contributed by atoms with van der Waals surface area (Å²) in [4.78, 5) is 15.9. The van der Waals surface area contributed by atoms with E-state index in [2.05, 4.69) is 10.3 Å². The lowest BCUT2D eigenvalue weighted by Gasteiger charge is -2.14. The molecule has 1 unspecified atom stereocenters. The van der Waals surface area contributed by atoms with Gasteiger partial charge >= 0.3 is 0 Å². The first-order valence-electron chi connectivity index (χ1n) is 6.11. The Kier molecular flexibility index (Phi) is 4.53. The molecule has 98 valence electrons. The second-order valence-electron chi connectivity index (χ2n) is 4.42. The minimum Gasteiger partial charge on any atom is -0.349 e. The highest BCUT2D eigenvalue weighted by molar-refractivity contribution is 6.33. The summed E-state index contributed by atoms with van der Waals surface area (Å²) < 4.78 is 0. The lowest BCUT2D eigenvalue weighted by molar-refractivity contribution is 0.0940. The van der Waals surface area contributed by atoms with Crippen molar-refractivity contribution < 1.29 is 4.79 Å². The van der Waals surface area contributed by atoms with Gasteiger partial charge in [0.05, 0.1) is 10.6 Å². The van der Waals surface area contributed by atoms with Gasteiger partial charge in [-0.15, -0.1) is 0 Å². The third-order valence-corrected chi connectivity index (χ3v) is 3.08. The van der Waals surface area contributed by atoms with Crippen molar-refractivity contribution >= 4 is 17.5 Å². The number of hydrogen-bond donors (Lipinski definition) is 1. The second-order valence-corrected chi connectivity index (χ2v) is 4.83. The monoisotopic (exact) mass is 274 g/mol. The molecule has 0 radical (unpaired) electrons. The van der Waals surface area contributed by atoms with Crippen LogP contribution in [0.1, 0.15) is 22.8 Å². The summed E-state index contributed by atoms with van der Waals surface area (Å²) in [6.45, 7) is 1.97. The Balaban J connectivity index is 1.98.